The Kier molecular flexibility index (Phi) is 4.79. The molecule has 0 aliphatic rings. The lowest BCUT2D eigenvalue weighted by molar-refractivity contribution is 0.610. The number of alkyl halides is 1. The van der Waals surface area contributed by atoms with E-state index in [0.29, 0.717) is 11.1 Å². The van der Waals surface area contributed by atoms with Gasteiger partial charge >= 0.3 is 0 Å². The average Bonchev–Trinajstić information content (AvgIpc) is 2.89. The highest BCUT2D eigenvalue weighted by Gasteiger charge is 2.18. The van der Waals surface area contributed by atoms with E-state index in [9.17, 15) is 0 Å². The molecule has 0 saturated heterocycles. The van der Waals surface area contributed by atoms with Crippen LogP contribution in [0.15, 0.2) is 0 Å². The van der Waals surface area contributed by atoms with Crippen LogP contribution in [-0.2, 0) is 19.5 Å². The molecule has 0 aliphatic heterocycles. The van der Waals surface area contributed by atoms with Gasteiger partial charge in [-0.15, -0.1) is 11.6 Å². The zero-order valence-electron chi connectivity index (χ0n) is 12.0. The number of fused-ring (bicyclic) bond motifs is 1. The number of hydrogen-bond acceptors (Lipinski definition) is 3. The largest absolute Gasteiger partial charge is 0.312 e. The van der Waals surface area contributed by atoms with Gasteiger partial charge in [-0.2, -0.15) is 16.9 Å². The maximum absolute atomic E-state index is 5.91. The van der Waals surface area contributed by atoms with Gasteiger partial charge in [0.1, 0.15) is 11.3 Å². The predicted molar refractivity (Wildman–Crippen MR) is 83.3 cm³/mol. The minimum Gasteiger partial charge on any atom is -0.312 e. The molecule has 0 N–H and O–H groups in total. The van der Waals surface area contributed by atoms with Gasteiger partial charge in [0.25, 0.3) is 0 Å². The third-order valence-corrected chi connectivity index (χ3v) is 4.48. The molecule has 0 amide bonds. The smallest absolute Gasteiger partial charge is 0.158 e. The number of aryl methyl sites for hydroxylation is 3. The van der Waals surface area contributed by atoms with Crippen LogP contribution in [0, 0.1) is 6.92 Å². The van der Waals surface area contributed by atoms with Crippen LogP contribution in [0.1, 0.15) is 25.4 Å². The summed E-state index contributed by atoms with van der Waals surface area (Å²) in [5, 5.41) is 5.10. The first-order valence-electron chi connectivity index (χ1n) is 6.63. The zero-order chi connectivity index (χ0) is 14.0. The molecule has 6 heteroatoms. The molecule has 0 saturated carbocycles. The van der Waals surface area contributed by atoms with Crippen LogP contribution in [0.3, 0.4) is 0 Å². The summed E-state index contributed by atoms with van der Waals surface area (Å²) in [6, 6.07) is 0. The number of aromatic nitrogens is 4. The lowest BCUT2D eigenvalue weighted by atomic mass is 10.4. The van der Waals surface area contributed by atoms with E-state index in [1.807, 2.05) is 23.4 Å². The maximum atomic E-state index is 5.91. The number of halogens is 1. The number of thioether (sulfide) groups is 1. The fourth-order valence-electron chi connectivity index (χ4n) is 2.29. The lowest BCUT2D eigenvalue weighted by Gasteiger charge is -2.13. The van der Waals surface area contributed by atoms with Crippen molar-refractivity contribution in [2.45, 2.75) is 45.5 Å². The lowest BCUT2D eigenvalue weighted by Crippen LogP contribution is -2.15. The Labute approximate surface area is 123 Å². The molecule has 0 aromatic carbocycles. The number of hydrogen-bond donors (Lipinski definition) is 0. The van der Waals surface area contributed by atoms with Crippen LogP contribution in [-0.4, -0.2) is 36.7 Å². The monoisotopic (exact) mass is 300 g/mol. The Balaban J connectivity index is 2.56. The van der Waals surface area contributed by atoms with Crippen LogP contribution >= 0.6 is 23.4 Å². The van der Waals surface area contributed by atoms with Crippen molar-refractivity contribution in [1.29, 1.82) is 0 Å². The molecule has 0 aliphatic carbocycles. The highest BCUT2D eigenvalue weighted by Crippen LogP contribution is 2.22. The third kappa shape index (κ3) is 2.77. The van der Waals surface area contributed by atoms with Gasteiger partial charge in [-0.1, -0.05) is 6.92 Å². The van der Waals surface area contributed by atoms with Crippen LogP contribution in [0.5, 0.6) is 0 Å². The molecule has 19 heavy (non-hydrogen) atoms. The second-order valence-electron chi connectivity index (χ2n) is 4.70. The fourth-order valence-corrected chi connectivity index (χ4v) is 2.76. The summed E-state index contributed by atoms with van der Waals surface area (Å²) in [6.07, 6.45) is 2.95. The summed E-state index contributed by atoms with van der Waals surface area (Å²) in [4.78, 5) is 4.74. The van der Waals surface area contributed by atoms with Crippen LogP contribution in [0.25, 0.3) is 11.2 Å². The SMILES string of the molecule is CCn1nc(C)c2nc(CCCl)n(CC(C)SC)c21. The van der Waals surface area contributed by atoms with Crippen molar-refractivity contribution < 1.29 is 0 Å². The minimum absolute atomic E-state index is 0.548. The van der Waals surface area contributed by atoms with Gasteiger partial charge in [0, 0.05) is 30.6 Å². The second-order valence-corrected chi connectivity index (χ2v) is 6.35. The Morgan fingerprint density at radius 2 is 2.16 bits per heavy atom. The van der Waals surface area contributed by atoms with Crippen molar-refractivity contribution in [3.05, 3.63) is 11.5 Å². The van der Waals surface area contributed by atoms with Gasteiger partial charge in [0.15, 0.2) is 5.65 Å². The molecule has 2 aromatic rings. The van der Waals surface area contributed by atoms with Gasteiger partial charge in [-0.05, 0) is 20.1 Å². The van der Waals surface area contributed by atoms with Crippen molar-refractivity contribution in [2.75, 3.05) is 12.1 Å². The van der Waals surface area contributed by atoms with E-state index < -0.39 is 0 Å². The maximum Gasteiger partial charge on any atom is 0.158 e. The molecule has 2 aromatic heterocycles. The normalized spacial score (nSPS) is 13.3. The number of imidazole rings is 1. The molecule has 0 spiro atoms. The Morgan fingerprint density at radius 1 is 1.42 bits per heavy atom. The van der Waals surface area contributed by atoms with E-state index in [1.165, 1.54) is 0 Å². The third-order valence-electron chi connectivity index (χ3n) is 3.34. The number of nitrogens with zero attached hydrogens (tertiary/aromatic N) is 4. The summed E-state index contributed by atoms with van der Waals surface area (Å²) in [5.41, 5.74) is 3.17. The molecule has 4 nitrogen and oxygen atoms in total. The Hall–Kier alpha value is -0.680. The minimum atomic E-state index is 0.548. The van der Waals surface area contributed by atoms with E-state index in [4.69, 9.17) is 16.6 Å². The van der Waals surface area contributed by atoms with E-state index in [1.54, 1.807) is 0 Å². The van der Waals surface area contributed by atoms with Gasteiger partial charge < -0.3 is 4.57 Å². The summed E-state index contributed by atoms with van der Waals surface area (Å²) >= 11 is 7.77. The van der Waals surface area contributed by atoms with Crippen molar-refractivity contribution in [2.24, 2.45) is 0 Å². The second kappa shape index (κ2) is 6.18. The molecule has 0 fully saturated rings. The first-order valence-corrected chi connectivity index (χ1v) is 8.45. The number of rotatable bonds is 6. The van der Waals surface area contributed by atoms with Crippen molar-refractivity contribution in [3.63, 3.8) is 0 Å². The van der Waals surface area contributed by atoms with E-state index in [2.05, 4.69) is 29.8 Å². The van der Waals surface area contributed by atoms with Crippen molar-refractivity contribution >= 4 is 34.5 Å². The Bertz CT molecular complexity index is 560. The molecule has 1 atom stereocenters. The molecule has 1 unspecified atom stereocenters. The molecule has 0 bridgehead atoms. The fraction of sp³-hybridized carbons (Fsp3) is 0.692. The van der Waals surface area contributed by atoms with Crippen LogP contribution in [0.2, 0.25) is 0 Å². The molecular formula is C13H21ClN4S. The summed E-state index contributed by atoms with van der Waals surface area (Å²) in [6.45, 7) is 8.19. The Morgan fingerprint density at radius 3 is 2.74 bits per heavy atom. The van der Waals surface area contributed by atoms with Crippen molar-refractivity contribution in [1.82, 2.24) is 19.3 Å². The predicted octanol–water partition coefficient (Wildman–Crippen LogP) is 3.09. The summed E-state index contributed by atoms with van der Waals surface area (Å²) in [5.74, 6) is 1.68. The van der Waals surface area contributed by atoms with Gasteiger partial charge in [0.05, 0.1) is 5.69 Å². The van der Waals surface area contributed by atoms with Gasteiger partial charge in [-0.3, -0.25) is 0 Å². The van der Waals surface area contributed by atoms with E-state index in [0.717, 1.165) is 42.2 Å². The van der Waals surface area contributed by atoms with Crippen LogP contribution < -0.4 is 0 Å². The van der Waals surface area contributed by atoms with Crippen molar-refractivity contribution in [3.8, 4) is 0 Å². The van der Waals surface area contributed by atoms with Gasteiger partial charge in [0.2, 0.25) is 0 Å². The molecule has 2 heterocycles. The van der Waals surface area contributed by atoms with Crippen LogP contribution in [0.4, 0.5) is 0 Å². The highest BCUT2D eigenvalue weighted by molar-refractivity contribution is 7.99. The molecule has 0 radical (unpaired) electrons. The average molecular weight is 301 g/mol. The molecule has 2 rings (SSSR count). The zero-order valence-corrected chi connectivity index (χ0v) is 13.6. The first-order chi connectivity index (χ1) is 9.12. The molecular weight excluding hydrogens is 280 g/mol. The van der Waals surface area contributed by atoms with Gasteiger partial charge in [-0.25, -0.2) is 9.67 Å². The van der Waals surface area contributed by atoms with E-state index in [-0.39, 0.29) is 0 Å². The topological polar surface area (TPSA) is 35.6 Å². The van der Waals surface area contributed by atoms with E-state index >= 15 is 0 Å². The first kappa shape index (κ1) is 14.7. The highest BCUT2D eigenvalue weighted by atomic mass is 35.5. The quantitative estimate of drug-likeness (QED) is 0.769. The summed E-state index contributed by atoms with van der Waals surface area (Å²) in [7, 11) is 0. The summed E-state index contributed by atoms with van der Waals surface area (Å²) < 4.78 is 4.34. The standard InChI is InChI=1S/C13H21ClN4S/c1-5-18-13-12(10(3)16-18)15-11(6-7-14)17(13)8-9(2)19-4/h9H,5-8H2,1-4H3. The molecule has 106 valence electrons.